The van der Waals surface area contributed by atoms with Crippen molar-refractivity contribution in [1.82, 2.24) is 25.9 Å². The largest absolute Gasteiger partial charge is 0.481 e. The average molecular weight is 505 g/mol. The van der Waals surface area contributed by atoms with Gasteiger partial charge in [0.15, 0.2) is 0 Å². The molecule has 0 radical (unpaired) electrons. The van der Waals surface area contributed by atoms with Crippen LogP contribution in [0.4, 0.5) is 0 Å². The number of nitrogens with zero attached hydrogens (tertiary/aromatic N) is 1. The minimum Gasteiger partial charge on any atom is -0.481 e. The zero-order valence-corrected chi connectivity index (χ0v) is 19.1. The van der Waals surface area contributed by atoms with Crippen molar-refractivity contribution in [1.29, 1.82) is 0 Å². The van der Waals surface area contributed by atoms with E-state index in [1.54, 1.807) is 30.3 Å². The third-order valence-corrected chi connectivity index (χ3v) is 5.06. The standard InChI is InChI=1S/C22H28N6O8/c23-14(6-12-4-2-1-3-5-12)19(32)26-16(8-18(30)31)21(34)27-15(7-13-9-24-11-25-13)20(33)28-17(10-29)22(35)36/h1-5,9,11,14-17,29H,6-8,10,23H2,(H,24,25)(H,26,32)(H,27,34)(H,28,33)(H,30,31)(H,35,36). The fourth-order valence-corrected chi connectivity index (χ4v) is 3.18. The van der Waals surface area contributed by atoms with Gasteiger partial charge >= 0.3 is 11.9 Å². The smallest absolute Gasteiger partial charge is 0.328 e. The van der Waals surface area contributed by atoms with E-state index in [0.29, 0.717) is 5.69 Å². The number of aromatic nitrogens is 2. The number of rotatable bonds is 14. The number of carbonyl (C=O) groups is 5. The zero-order chi connectivity index (χ0) is 26.7. The van der Waals surface area contributed by atoms with E-state index < -0.39 is 66.9 Å². The van der Waals surface area contributed by atoms with Crippen LogP contribution in [0.3, 0.4) is 0 Å². The first kappa shape index (κ1) is 27.9. The minimum atomic E-state index is -1.64. The van der Waals surface area contributed by atoms with Crippen molar-refractivity contribution in [3.8, 4) is 0 Å². The summed E-state index contributed by atoms with van der Waals surface area (Å²) in [4.78, 5) is 67.3. The Morgan fingerprint density at radius 1 is 0.889 bits per heavy atom. The van der Waals surface area contributed by atoms with Crippen molar-refractivity contribution in [2.24, 2.45) is 5.73 Å². The van der Waals surface area contributed by atoms with Crippen LogP contribution in [-0.2, 0) is 36.8 Å². The molecule has 14 nitrogen and oxygen atoms in total. The zero-order valence-electron chi connectivity index (χ0n) is 19.1. The summed E-state index contributed by atoms with van der Waals surface area (Å²) in [6, 6.07) is 3.13. The molecule has 0 bridgehead atoms. The Morgan fingerprint density at radius 3 is 2.06 bits per heavy atom. The van der Waals surface area contributed by atoms with Crippen LogP contribution in [0.1, 0.15) is 17.7 Å². The lowest BCUT2D eigenvalue weighted by molar-refractivity contribution is -0.144. The third-order valence-electron chi connectivity index (χ3n) is 5.06. The Bertz CT molecular complexity index is 1050. The van der Waals surface area contributed by atoms with Crippen LogP contribution in [0.25, 0.3) is 0 Å². The molecule has 194 valence electrons. The van der Waals surface area contributed by atoms with Crippen molar-refractivity contribution in [3.63, 3.8) is 0 Å². The van der Waals surface area contributed by atoms with Crippen molar-refractivity contribution in [2.45, 2.75) is 43.4 Å². The summed E-state index contributed by atoms with van der Waals surface area (Å²) < 4.78 is 0. The van der Waals surface area contributed by atoms with Gasteiger partial charge in [-0.15, -0.1) is 0 Å². The van der Waals surface area contributed by atoms with Crippen LogP contribution in [-0.4, -0.2) is 85.7 Å². The summed E-state index contributed by atoms with van der Waals surface area (Å²) in [5.74, 6) is -5.64. The van der Waals surface area contributed by atoms with E-state index in [1.165, 1.54) is 12.5 Å². The highest BCUT2D eigenvalue weighted by molar-refractivity contribution is 5.95. The summed E-state index contributed by atoms with van der Waals surface area (Å²) in [6.07, 6.45) is 1.85. The summed E-state index contributed by atoms with van der Waals surface area (Å²) in [6.45, 7) is -0.900. The number of aliphatic carboxylic acids is 2. The van der Waals surface area contributed by atoms with Gasteiger partial charge < -0.3 is 42.0 Å². The number of aliphatic hydroxyl groups excluding tert-OH is 1. The summed E-state index contributed by atoms with van der Waals surface area (Å²) in [7, 11) is 0. The van der Waals surface area contributed by atoms with Gasteiger partial charge in [-0.05, 0) is 12.0 Å². The first-order chi connectivity index (χ1) is 17.1. The van der Waals surface area contributed by atoms with E-state index in [4.69, 9.17) is 10.8 Å². The average Bonchev–Trinajstić information content (AvgIpc) is 3.34. The van der Waals surface area contributed by atoms with Crippen molar-refractivity contribution in [3.05, 3.63) is 54.1 Å². The fourth-order valence-electron chi connectivity index (χ4n) is 3.18. The Kier molecular flexibility index (Phi) is 10.5. The van der Waals surface area contributed by atoms with Crippen LogP contribution in [0, 0.1) is 0 Å². The number of carbonyl (C=O) groups excluding carboxylic acids is 3. The lowest BCUT2D eigenvalue weighted by Gasteiger charge is -2.24. The van der Waals surface area contributed by atoms with Gasteiger partial charge in [-0.2, -0.15) is 0 Å². The molecule has 4 atom stereocenters. The van der Waals surface area contributed by atoms with Gasteiger partial charge in [0.05, 0.1) is 25.4 Å². The fraction of sp³-hybridized carbons (Fsp3) is 0.364. The van der Waals surface area contributed by atoms with E-state index in [9.17, 15) is 34.2 Å². The molecule has 0 aliphatic heterocycles. The number of hydrogen-bond acceptors (Lipinski definition) is 8. The maximum Gasteiger partial charge on any atom is 0.328 e. The molecule has 1 heterocycles. The van der Waals surface area contributed by atoms with Crippen LogP contribution in [0.5, 0.6) is 0 Å². The predicted molar refractivity (Wildman–Crippen MR) is 123 cm³/mol. The number of carboxylic acid groups (broad SMARTS) is 2. The van der Waals surface area contributed by atoms with Gasteiger partial charge in [0, 0.05) is 18.3 Å². The first-order valence-electron chi connectivity index (χ1n) is 10.8. The second-order valence-corrected chi connectivity index (χ2v) is 7.88. The maximum absolute atomic E-state index is 12.9. The van der Waals surface area contributed by atoms with Crippen LogP contribution in [0.15, 0.2) is 42.9 Å². The molecule has 3 amide bonds. The summed E-state index contributed by atoms with van der Waals surface area (Å²) >= 11 is 0. The van der Waals surface area contributed by atoms with E-state index in [2.05, 4.69) is 25.9 Å². The van der Waals surface area contributed by atoms with Crippen LogP contribution < -0.4 is 21.7 Å². The van der Waals surface area contributed by atoms with Crippen LogP contribution in [0.2, 0.25) is 0 Å². The number of carboxylic acids is 2. The number of amides is 3. The van der Waals surface area contributed by atoms with Crippen molar-refractivity contribution in [2.75, 3.05) is 6.61 Å². The van der Waals surface area contributed by atoms with Gasteiger partial charge in [0.1, 0.15) is 18.1 Å². The van der Waals surface area contributed by atoms with Crippen molar-refractivity contribution >= 4 is 29.7 Å². The normalized spacial score (nSPS) is 14.1. The van der Waals surface area contributed by atoms with Gasteiger partial charge in [-0.1, -0.05) is 30.3 Å². The highest BCUT2D eigenvalue weighted by Gasteiger charge is 2.31. The highest BCUT2D eigenvalue weighted by Crippen LogP contribution is 2.05. The van der Waals surface area contributed by atoms with Gasteiger partial charge in [-0.3, -0.25) is 19.2 Å². The van der Waals surface area contributed by atoms with Crippen LogP contribution >= 0.6 is 0 Å². The monoisotopic (exact) mass is 504 g/mol. The molecule has 36 heavy (non-hydrogen) atoms. The second kappa shape index (κ2) is 13.6. The molecule has 2 aromatic rings. The first-order valence-corrected chi connectivity index (χ1v) is 10.8. The number of aromatic amines is 1. The molecule has 1 aromatic heterocycles. The van der Waals surface area contributed by atoms with Gasteiger partial charge in [0.25, 0.3) is 0 Å². The molecule has 9 N–H and O–H groups in total. The maximum atomic E-state index is 12.9. The van der Waals surface area contributed by atoms with Crippen molar-refractivity contribution < 1.29 is 39.3 Å². The molecule has 0 spiro atoms. The quantitative estimate of drug-likeness (QED) is 0.135. The van der Waals surface area contributed by atoms with Gasteiger partial charge in [0.2, 0.25) is 17.7 Å². The second-order valence-electron chi connectivity index (χ2n) is 7.88. The van der Waals surface area contributed by atoms with E-state index in [1.807, 2.05) is 0 Å². The topological polar surface area (TPSA) is 237 Å². The molecule has 0 aliphatic rings. The number of nitrogens with one attached hydrogen (secondary N) is 4. The molecule has 0 aliphatic carbocycles. The minimum absolute atomic E-state index is 0.136. The lowest BCUT2D eigenvalue weighted by atomic mass is 10.0. The highest BCUT2D eigenvalue weighted by atomic mass is 16.4. The number of nitrogens with two attached hydrogens (primary N) is 1. The summed E-state index contributed by atoms with van der Waals surface area (Å²) in [5.41, 5.74) is 7.08. The Morgan fingerprint density at radius 2 is 1.50 bits per heavy atom. The molecular weight excluding hydrogens is 476 g/mol. The SMILES string of the molecule is NC(Cc1ccccc1)C(=O)NC(CC(=O)O)C(=O)NC(Cc1cnc[nH]1)C(=O)NC(CO)C(=O)O. The van der Waals surface area contributed by atoms with E-state index >= 15 is 0 Å². The van der Waals surface area contributed by atoms with Gasteiger partial charge in [-0.25, -0.2) is 9.78 Å². The number of imidazole rings is 1. The van der Waals surface area contributed by atoms with E-state index in [-0.39, 0.29) is 12.8 Å². The molecule has 4 unspecified atom stereocenters. The number of H-pyrrole nitrogens is 1. The molecular formula is C22H28N6O8. The number of aliphatic hydroxyl groups is 1. The predicted octanol–water partition coefficient (Wildman–Crippen LogP) is -2.47. The Hall–Kier alpha value is -4.30. The number of hydrogen-bond donors (Lipinski definition) is 8. The molecule has 1 aromatic carbocycles. The molecule has 2 rings (SSSR count). The summed E-state index contributed by atoms with van der Waals surface area (Å²) in [5, 5.41) is 34.2. The lowest BCUT2D eigenvalue weighted by Crippen LogP contribution is -2.58. The molecule has 0 saturated heterocycles. The number of benzene rings is 1. The Balaban J connectivity index is 2.15. The molecule has 0 fully saturated rings. The third kappa shape index (κ3) is 8.81. The molecule has 14 heteroatoms. The Labute approximate surface area is 205 Å². The van der Waals surface area contributed by atoms with E-state index in [0.717, 1.165) is 5.56 Å². The molecule has 0 saturated carbocycles.